The van der Waals surface area contributed by atoms with Gasteiger partial charge in [0.15, 0.2) is 0 Å². The van der Waals surface area contributed by atoms with Crippen molar-refractivity contribution in [2.24, 2.45) is 7.05 Å². The van der Waals surface area contributed by atoms with Crippen molar-refractivity contribution in [2.45, 2.75) is 13.3 Å². The molecule has 0 radical (unpaired) electrons. The maximum Gasteiger partial charge on any atom is 0.272 e. The molecule has 0 saturated heterocycles. The lowest BCUT2D eigenvalue weighted by Gasteiger charge is -2.07. The van der Waals surface area contributed by atoms with Crippen molar-refractivity contribution >= 4 is 34.5 Å². The molecule has 1 aliphatic heterocycles. The van der Waals surface area contributed by atoms with Crippen molar-refractivity contribution in [3.8, 4) is 11.3 Å². The molecule has 0 unspecified atom stereocenters. The smallest absolute Gasteiger partial charge is 0.272 e. The highest BCUT2D eigenvalue weighted by Gasteiger charge is 2.19. The van der Waals surface area contributed by atoms with E-state index < -0.39 is 0 Å². The SMILES string of the molecule is Cc1nc(-c2cc(C(=O)Nc3ccc4c(c3)CC(=O)N4)n(C)c2)cs1. The van der Waals surface area contributed by atoms with Gasteiger partial charge in [0.25, 0.3) is 5.91 Å². The number of aromatic nitrogens is 2. The molecular formula is C18H16N4O2S. The fourth-order valence-electron chi connectivity index (χ4n) is 2.93. The van der Waals surface area contributed by atoms with E-state index in [0.29, 0.717) is 17.8 Å². The summed E-state index contributed by atoms with van der Waals surface area (Å²) in [4.78, 5) is 28.5. The van der Waals surface area contributed by atoms with Crippen LogP contribution in [0.25, 0.3) is 11.3 Å². The van der Waals surface area contributed by atoms with Crippen molar-refractivity contribution in [3.05, 3.63) is 52.1 Å². The zero-order valence-electron chi connectivity index (χ0n) is 13.8. The molecule has 0 aliphatic carbocycles. The maximum atomic E-state index is 12.6. The van der Waals surface area contributed by atoms with E-state index in [1.807, 2.05) is 43.7 Å². The monoisotopic (exact) mass is 352 g/mol. The van der Waals surface area contributed by atoms with Crippen molar-refractivity contribution in [1.82, 2.24) is 9.55 Å². The Morgan fingerprint density at radius 1 is 1.36 bits per heavy atom. The lowest BCUT2D eigenvalue weighted by Crippen LogP contribution is -2.15. The van der Waals surface area contributed by atoms with Gasteiger partial charge in [0.2, 0.25) is 5.91 Å². The van der Waals surface area contributed by atoms with Gasteiger partial charge in [-0.25, -0.2) is 4.98 Å². The number of aryl methyl sites for hydroxylation is 2. The molecular weight excluding hydrogens is 336 g/mol. The van der Waals surface area contributed by atoms with Gasteiger partial charge in [0.05, 0.1) is 17.1 Å². The Kier molecular flexibility index (Phi) is 3.65. The first kappa shape index (κ1) is 15.6. The molecule has 0 atom stereocenters. The highest BCUT2D eigenvalue weighted by Crippen LogP contribution is 2.27. The number of fused-ring (bicyclic) bond motifs is 1. The number of hydrogen-bond donors (Lipinski definition) is 2. The van der Waals surface area contributed by atoms with Crippen molar-refractivity contribution < 1.29 is 9.59 Å². The molecule has 4 rings (SSSR count). The minimum Gasteiger partial charge on any atom is -0.346 e. The topological polar surface area (TPSA) is 76.0 Å². The van der Waals surface area contributed by atoms with Gasteiger partial charge < -0.3 is 15.2 Å². The molecule has 0 bridgehead atoms. The van der Waals surface area contributed by atoms with Gasteiger partial charge in [-0.3, -0.25) is 9.59 Å². The largest absolute Gasteiger partial charge is 0.346 e. The number of thiazole rings is 1. The molecule has 7 heteroatoms. The summed E-state index contributed by atoms with van der Waals surface area (Å²) in [5.74, 6) is -0.220. The predicted molar refractivity (Wildman–Crippen MR) is 98.0 cm³/mol. The number of carbonyl (C=O) groups excluding carboxylic acids is 2. The van der Waals surface area contributed by atoms with E-state index in [0.717, 1.165) is 27.5 Å². The molecule has 0 spiro atoms. The summed E-state index contributed by atoms with van der Waals surface area (Å²) < 4.78 is 1.79. The predicted octanol–water partition coefficient (Wildman–Crippen LogP) is 3.20. The van der Waals surface area contributed by atoms with Gasteiger partial charge in [-0.1, -0.05) is 0 Å². The van der Waals surface area contributed by atoms with Crippen LogP contribution >= 0.6 is 11.3 Å². The molecule has 25 heavy (non-hydrogen) atoms. The van der Waals surface area contributed by atoms with E-state index >= 15 is 0 Å². The Labute approximate surface area is 148 Å². The van der Waals surface area contributed by atoms with Gasteiger partial charge in [-0.15, -0.1) is 11.3 Å². The molecule has 6 nitrogen and oxygen atoms in total. The van der Waals surface area contributed by atoms with Gasteiger partial charge in [0, 0.05) is 35.6 Å². The third-order valence-corrected chi connectivity index (χ3v) is 4.91. The van der Waals surface area contributed by atoms with Crippen molar-refractivity contribution in [2.75, 3.05) is 10.6 Å². The number of nitrogens with zero attached hydrogens (tertiary/aromatic N) is 2. The molecule has 0 saturated carbocycles. The normalized spacial score (nSPS) is 12.8. The minimum absolute atomic E-state index is 0.0240. The number of amides is 2. The van der Waals surface area contributed by atoms with Crippen LogP contribution in [0, 0.1) is 6.92 Å². The summed E-state index contributed by atoms with van der Waals surface area (Å²) in [6.45, 7) is 1.96. The van der Waals surface area contributed by atoms with Gasteiger partial charge in [-0.2, -0.15) is 0 Å². The molecule has 2 aromatic heterocycles. The fourth-order valence-corrected chi connectivity index (χ4v) is 3.55. The van der Waals surface area contributed by atoms with Crippen LogP contribution in [0.15, 0.2) is 35.8 Å². The molecule has 3 aromatic rings. The van der Waals surface area contributed by atoms with E-state index in [1.165, 1.54) is 0 Å². The molecule has 1 aliphatic rings. The van der Waals surface area contributed by atoms with Crippen LogP contribution in [-0.4, -0.2) is 21.4 Å². The van der Waals surface area contributed by atoms with E-state index in [-0.39, 0.29) is 11.8 Å². The van der Waals surface area contributed by atoms with Crippen LogP contribution in [-0.2, 0) is 18.3 Å². The first-order chi connectivity index (χ1) is 12.0. The average molecular weight is 352 g/mol. The Hall–Kier alpha value is -2.93. The van der Waals surface area contributed by atoms with E-state index in [9.17, 15) is 9.59 Å². The van der Waals surface area contributed by atoms with Crippen LogP contribution in [0.1, 0.15) is 21.1 Å². The molecule has 0 fully saturated rings. The Morgan fingerprint density at radius 3 is 2.96 bits per heavy atom. The summed E-state index contributed by atoms with van der Waals surface area (Å²) in [5, 5.41) is 8.65. The van der Waals surface area contributed by atoms with Crippen LogP contribution in [0.5, 0.6) is 0 Å². The number of benzene rings is 1. The number of anilines is 2. The lowest BCUT2D eigenvalue weighted by atomic mass is 10.1. The summed E-state index contributed by atoms with van der Waals surface area (Å²) in [6, 6.07) is 7.27. The summed E-state index contributed by atoms with van der Waals surface area (Å²) in [7, 11) is 1.84. The quantitative estimate of drug-likeness (QED) is 0.760. The Morgan fingerprint density at radius 2 is 2.20 bits per heavy atom. The second kappa shape index (κ2) is 5.86. The zero-order valence-corrected chi connectivity index (χ0v) is 14.6. The number of rotatable bonds is 3. The first-order valence-corrected chi connectivity index (χ1v) is 8.70. The molecule has 1 aromatic carbocycles. The second-order valence-electron chi connectivity index (χ2n) is 6.03. The summed E-state index contributed by atoms with van der Waals surface area (Å²) in [6.07, 6.45) is 2.24. The number of carbonyl (C=O) groups is 2. The first-order valence-electron chi connectivity index (χ1n) is 7.82. The summed E-state index contributed by atoms with van der Waals surface area (Å²) in [5.41, 5.74) is 4.72. The van der Waals surface area contributed by atoms with Crippen molar-refractivity contribution in [3.63, 3.8) is 0 Å². The Bertz CT molecular complexity index is 1000. The molecule has 126 valence electrons. The average Bonchev–Trinajstić information content (AvgIpc) is 3.24. The third-order valence-electron chi connectivity index (χ3n) is 4.14. The van der Waals surface area contributed by atoms with Crippen LogP contribution in [0.3, 0.4) is 0 Å². The molecule has 2 N–H and O–H groups in total. The van der Waals surface area contributed by atoms with Gasteiger partial charge in [-0.05, 0) is 36.8 Å². The number of nitrogens with one attached hydrogen (secondary N) is 2. The van der Waals surface area contributed by atoms with Crippen LogP contribution < -0.4 is 10.6 Å². The Balaban J connectivity index is 1.57. The van der Waals surface area contributed by atoms with Crippen molar-refractivity contribution in [1.29, 1.82) is 0 Å². The second-order valence-corrected chi connectivity index (χ2v) is 7.09. The highest BCUT2D eigenvalue weighted by atomic mass is 32.1. The standard InChI is InChI=1S/C18H16N4O2S/c1-10-19-15(9-25-10)12-6-16(22(2)8-12)18(24)20-13-3-4-14-11(5-13)7-17(23)21-14/h3-6,8-9H,7H2,1-2H3,(H,20,24)(H,21,23). The lowest BCUT2D eigenvalue weighted by molar-refractivity contribution is -0.115. The maximum absolute atomic E-state index is 12.6. The van der Waals surface area contributed by atoms with E-state index in [1.54, 1.807) is 22.0 Å². The summed E-state index contributed by atoms with van der Waals surface area (Å²) >= 11 is 1.58. The van der Waals surface area contributed by atoms with Crippen LogP contribution in [0.4, 0.5) is 11.4 Å². The highest BCUT2D eigenvalue weighted by molar-refractivity contribution is 7.09. The van der Waals surface area contributed by atoms with E-state index in [4.69, 9.17) is 0 Å². The fraction of sp³-hybridized carbons (Fsp3) is 0.167. The number of hydrogen-bond acceptors (Lipinski definition) is 4. The van der Waals surface area contributed by atoms with Gasteiger partial charge >= 0.3 is 0 Å². The third kappa shape index (κ3) is 2.94. The minimum atomic E-state index is -0.196. The van der Waals surface area contributed by atoms with Gasteiger partial charge in [0.1, 0.15) is 5.69 Å². The van der Waals surface area contributed by atoms with Crippen LogP contribution in [0.2, 0.25) is 0 Å². The molecule has 3 heterocycles. The zero-order chi connectivity index (χ0) is 17.6. The van der Waals surface area contributed by atoms with E-state index in [2.05, 4.69) is 15.6 Å². The molecule has 2 amide bonds.